The number of fused-ring (bicyclic) bond motifs is 1. The zero-order chi connectivity index (χ0) is 17.8. The first kappa shape index (κ1) is 17.0. The Morgan fingerprint density at radius 3 is 2.62 bits per heavy atom. The highest BCUT2D eigenvalue weighted by Crippen LogP contribution is 2.21. The number of nitrogens with zero attached hydrogens (tertiary/aromatic N) is 3. The second kappa shape index (κ2) is 7.83. The average Bonchev–Trinajstić information content (AvgIpc) is 2.90. The first-order valence-corrected chi connectivity index (χ1v) is 9.32. The lowest BCUT2D eigenvalue weighted by molar-refractivity contribution is 0.0934. The molecular weight excluding hydrogens is 328 g/mol. The van der Waals surface area contributed by atoms with Gasteiger partial charge in [-0.2, -0.15) is 0 Å². The van der Waals surface area contributed by atoms with Gasteiger partial charge in [-0.25, -0.2) is 9.97 Å². The number of benzene rings is 1. The van der Waals surface area contributed by atoms with Gasteiger partial charge >= 0.3 is 0 Å². The standard InChI is InChI=1S/C20H24N4O2/c25-19(17-13-21-20(22-14-17)24-8-10-26-11-9-24)23-18-7-3-6-15-4-1-2-5-16(15)12-18/h1-2,4-5,13-14,18H,3,6-12H2,(H,23,25). The van der Waals surface area contributed by atoms with Gasteiger partial charge in [0.1, 0.15) is 0 Å². The van der Waals surface area contributed by atoms with E-state index in [9.17, 15) is 4.79 Å². The van der Waals surface area contributed by atoms with Crippen molar-refractivity contribution in [1.82, 2.24) is 15.3 Å². The minimum atomic E-state index is -0.0945. The minimum absolute atomic E-state index is 0.0945. The van der Waals surface area contributed by atoms with E-state index in [0.717, 1.165) is 38.8 Å². The highest BCUT2D eigenvalue weighted by atomic mass is 16.5. The Bertz CT molecular complexity index is 757. The van der Waals surface area contributed by atoms with Crippen molar-refractivity contribution >= 4 is 11.9 Å². The Labute approximate surface area is 153 Å². The molecule has 1 aliphatic heterocycles. The Morgan fingerprint density at radius 1 is 1.12 bits per heavy atom. The molecule has 1 aliphatic carbocycles. The number of ether oxygens (including phenoxy) is 1. The van der Waals surface area contributed by atoms with E-state index in [2.05, 4.69) is 44.5 Å². The summed E-state index contributed by atoms with van der Waals surface area (Å²) in [5.41, 5.74) is 3.26. The number of hydrogen-bond acceptors (Lipinski definition) is 5. The number of carbonyl (C=O) groups is 1. The highest BCUT2D eigenvalue weighted by molar-refractivity contribution is 5.93. The quantitative estimate of drug-likeness (QED) is 0.856. The van der Waals surface area contributed by atoms with Crippen LogP contribution in [-0.2, 0) is 17.6 Å². The monoisotopic (exact) mass is 352 g/mol. The largest absolute Gasteiger partial charge is 0.378 e. The number of rotatable bonds is 3. The number of nitrogens with one attached hydrogen (secondary N) is 1. The Morgan fingerprint density at radius 2 is 1.85 bits per heavy atom. The van der Waals surface area contributed by atoms with Crippen molar-refractivity contribution in [2.75, 3.05) is 31.2 Å². The van der Waals surface area contributed by atoms with E-state index in [0.29, 0.717) is 24.7 Å². The fourth-order valence-corrected chi connectivity index (χ4v) is 3.66. The molecule has 4 rings (SSSR count). The van der Waals surface area contributed by atoms with Gasteiger partial charge in [0.25, 0.3) is 5.91 Å². The van der Waals surface area contributed by atoms with Crippen molar-refractivity contribution in [3.63, 3.8) is 0 Å². The Kier molecular flexibility index (Phi) is 5.11. The molecule has 6 heteroatoms. The van der Waals surface area contributed by atoms with E-state index >= 15 is 0 Å². The predicted octanol–water partition coefficient (Wildman–Crippen LogP) is 1.99. The van der Waals surface area contributed by atoms with Crippen molar-refractivity contribution in [3.05, 3.63) is 53.3 Å². The van der Waals surface area contributed by atoms with E-state index in [-0.39, 0.29) is 11.9 Å². The summed E-state index contributed by atoms with van der Waals surface area (Å²) in [6.07, 6.45) is 7.30. The second-order valence-corrected chi connectivity index (χ2v) is 6.91. The molecule has 1 unspecified atom stereocenters. The smallest absolute Gasteiger partial charge is 0.254 e. The summed E-state index contributed by atoms with van der Waals surface area (Å²) in [5, 5.41) is 3.16. The van der Waals surface area contributed by atoms with Gasteiger partial charge in [-0.3, -0.25) is 4.79 Å². The third-order valence-electron chi connectivity index (χ3n) is 5.11. The lowest BCUT2D eigenvalue weighted by Crippen LogP contribution is -2.38. The predicted molar refractivity (Wildman–Crippen MR) is 99.4 cm³/mol. The third-order valence-corrected chi connectivity index (χ3v) is 5.11. The maximum absolute atomic E-state index is 12.6. The molecule has 26 heavy (non-hydrogen) atoms. The molecule has 1 fully saturated rings. The molecule has 1 saturated heterocycles. The molecule has 2 aromatic rings. The summed E-state index contributed by atoms with van der Waals surface area (Å²) in [4.78, 5) is 23.4. The molecule has 0 saturated carbocycles. The zero-order valence-electron chi connectivity index (χ0n) is 14.9. The molecule has 1 atom stereocenters. The van der Waals surface area contributed by atoms with Gasteiger partial charge in [0.05, 0.1) is 18.8 Å². The van der Waals surface area contributed by atoms with Gasteiger partial charge in [-0.05, 0) is 36.8 Å². The lowest BCUT2D eigenvalue weighted by Gasteiger charge is -2.26. The van der Waals surface area contributed by atoms with Crippen LogP contribution >= 0.6 is 0 Å². The van der Waals surface area contributed by atoms with Crippen molar-refractivity contribution in [2.24, 2.45) is 0 Å². The minimum Gasteiger partial charge on any atom is -0.378 e. The van der Waals surface area contributed by atoms with Crippen LogP contribution in [0.3, 0.4) is 0 Å². The second-order valence-electron chi connectivity index (χ2n) is 6.91. The maximum atomic E-state index is 12.6. The number of aromatic nitrogens is 2. The molecule has 1 aromatic carbocycles. The summed E-state index contributed by atoms with van der Waals surface area (Å²) >= 11 is 0. The Balaban J connectivity index is 1.40. The number of amides is 1. The van der Waals surface area contributed by atoms with Crippen LogP contribution in [0.25, 0.3) is 0 Å². The van der Waals surface area contributed by atoms with Crippen molar-refractivity contribution in [2.45, 2.75) is 31.7 Å². The fraction of sp³-hybridized carbons (Fsp3) is 0.450. The number of hydrogen-bond donors (Lipinski definition) is 1. The molecule has 0 radical (unpaired) electrons. The van der Waals surface area contributed by atoms with Crippen LogP contribution in [0.1, 0.15) is 34.3 Å². The van der Waals surface area contributed by atoms with Gasteiger partial charge in [0.2, 0.25) is 5.95 Å². The van der Waals surface area contributed by atoms with Crippen molar-refractivity contribution < 1.29 is 9.53 Å². The first-order valence-electron chi connectivity index (χ1n) is 9.32. The molecular formula is C20H24N4O2. The van der Waals surface area contributed by atoms with E-state index in [1.807, 2.05) is 0 Å². The van der Waals surface area contributed by atoms with Crippen LogP contribution in [0.5, 0.6) is 0 Å². The summed E-state index contributed by atoms with van der Waals surface area (Å²) in [5.74, 6) is 0.566. The summed E-state index contributed by atoms with van der Waals surface area (Å²) in [6.45, 7) is 2.95. The number of morpholine rings is 1. The summed E-state index contributed by atoms with van der Waals surface area (Å²) < 4.78 is 5.34. The number of aryl methyl sites for hydroxylation is 1. The van der Waals surface area contributed by atoms with E-state index < -0.39 is 0 Å². The van der Waals surface area contributed by atoms with Crippen LogP contribution in [0, 0.1) is 0 Å². The molecule has 6 nitrogen and oxygen atoms in total. The molecule has 0 bridgehead atoms. The van der Waals surface area contributed by atoms with Gasteiger partial charge < -0.3 is 15.0 Å². The summed E-state index contributed by atoms with van der Waals surface area (Å²) in [7, 11) is 0. The SMILES string of the molecule is O=C(NC1CCCc2ccccc2C1)c1cnc(N2CCOCC2)nc1. The molecule has 1 aromatic heterocycles. The highest BCUT2D eigenvalue weighted by Gasteiger charge is 2.20. The molecule has 0 spiro atoms. The zero-order valence-corrected chi connectivity index (χ0v) is 14.9. The first-order chi connectivity index (χ1) is 12.8. The van der Waals surface area contributed by atoms with E-state index in [4.69, 9.17) is 4.74 Å². The average molecular weight is 352 g/mol. The van der Waals surface area contributed by atoms with Gasteiger partial charge in [-0.15, -0.1) is 0 Å². The van der Waals surface area contributed by atoms with Crippen LogP contribution in [0.2, 0.25) is 0 Å². The third kappa shape index (κ3) is 3.85. The molecule has 2 heterocycles. The van der Waals surface area contributed by atoms with Gasteiger partial charge in [0, 0.05) is 31.5 Å². The molecule has 2 aliphatic rings. The molecule has 1 amide bonds. The van der Waals surface area contributed by atoms with Crippen molar-refractivity contribution in [1.29, 1.82) is 0 Å². The van der Waals surface area contributed by atoms with E-state index in [1.165, 1.54) is 11.1 Å². The van der Waals surface area contributed by atoms with Crippen LogP contribution in [-0.4, -0.2) is 48.2 Å². The van der Waals surface area contributed by atoms with Crippen LogP contribution in [0.15, 0.2) is 36.7 Å². The maximum Gasteiger partial charge on any atom is 0.254 e. The lowest BCUT2D eigenvalue weighted by atomic mass is 10.0. The normalized spacial score (nSPS) is 20.2. The fourth-order valence-electron chi connectivity index (χ4n) is 3.66. The molecule has 1 N–H and O–H groups in total. The number of anilines is 1. The van der Waals surface area contributed by atoms with Gasteiger partial charge in [0.15, 0.2) is 0 Å². The van der Waals surface area contributed by atoms with Crippen LogP contribution < -0.4 is 10.2 Å². The Hall–Kier alpha value is -2.47. The van der Waals surface area contributed by atoms with E-state index in [1.54, 1.807) is 12.4 Å². The molecule has 136 valence electrons. The van der Waals surface area contributed by atoms with Crippen LogP contribution in [0.4, 0.5) is 5.95 Å². The topological polar surface area (TPSA) is 67.4 Å². The number of carbonyl (C=O) groups excluding carboxylic acids is 1. The summed E-state index contributed by atoms with van der Waals surface area (Å²) in [6, 6.07) is 8.68. The van der Waals surface area contributed by atoms with Gasteiger partial charge in [-0.1, -0.05) is 24.3 Å². The van der Waals surface area contributed by atoms with Crippen molar-refractivity contribution in [3.8, 4) is 0 Å².